The molecule has 2 aromatic carbocycles. The molecule has 0 aliphatic carbocycles. The molecule has 4 aromatic rings. The van der Waals surface area contributed by atoms with Crippen LogP contribution in [0.15, 0.2) is 81.2 Å². The molecule has 1 N–H and O–H groups in total. The number of ether oxygens (including phenoxy) is 2. The second-order valence-corrected chi connectivity index (χ2v) is 8.76. The summed E-state index contributed by atoms with van der Waals surface area (Å²) in [6.45, 7) is 0.203. The monoisotopic (exact) mass is 436 g/mol. The number of fused-ring (bicyclic) bond motifs is 2. The van der Waals surface area contributed by atoms with Crippen LogP contribution in [0.3, 0.4) is 0 Å². The molecule has 31 heavy (non-hydrogen) atoms. The van der Waals surface area contributed by atoms with E-state index < -0.39 is 9.84 Å². The summed E-state index contributed by atoms with van der Waals surface area (Å²) >= 11 is 0. The summed E-state index contributed by atoms with van der Waals surface area (Å²) in [5.41, 5.74) is 1.27. The average Bonchev–Trinajstić information content (AvgIpc) is 3.44. The standard InChI is InChI=1S/C22H16N2O6S/c25-22(18-10-15-8-9-23-12-19(15)30-18)24-11-14-4-6-16(7-5-14)31(26,27)20-3-1-2-17-21(20)29-13-28-17/h1-10,12H,11,13H2,(H,24,25). The highest BCUT2D eigenvalue weighted by Crippen LogP contribution is 2.40. The molecular formula is C22H16N2O6S. The number of rotatable bonds is 5. The van der Waals surface area contributed by atoms with Crippen LogP contribution in [-0.4, -0.2) is 26.1 Å². The zero-order chi connectivity index (χ0) is 21.4. The Kier molecular flexibility index (Phi) is 4.59. The SMILES string of the molecule is O=C(NCc1ccc(S(=O)(=O)c2cccc3c2OCO3)cc1)c1cc2ccncc2o1. The quantitative estimate of drug-likeness (QED) is 0.511. The van der Waals surface area contributed by atoms with Gasteiger partial charge in [0.05, 0.1) is 11.1 Å². The molecule has 0 spiro atoms. The van der Waals surface area contributed by atoms with Crippen molar-refractivity contribution in [2.45, 2.75) is 16.3 Å². The first-order chi connectivity index (χ1) is 15.0. The fourth-order valence-electron chi connectivity index (χ4n) is 3.29. The molecule has 0 saturated carbocycles. The van der Waals surface area contributed by atoms with E-state index in [1.807, 2.05) is 0 Å². The fraction of sp³-hybridized carbons (Fsp3) is 0.0909. The summed E-state index contributed by atoms with van der Waals surface area (Å²) in [5, 5.41) is 3.55. The van der Waals surface area contributed by atoms with Gasteiger partial charge in [0, 0.05) is 18.1 Å². The molecule has 8 nitrogen and oxygen atoms in total. The lowest BCUT2D eigenvalue weighted by molar-refractivity contribution is 0.0925. The molecule has 1 amide bonds. The van der Waals surface area contributed by atoms with Gasteiger partial charge in [0.1, 0.15) is 4.90 Å². The zero-order valence-electron chi connectivity index (χ0n) is 16.1. The van der Waals surface area contributed by atoms with E-state index in [1.54, 1.807) is 48.8 Å². The van der Waals surface area contributed by atoms with Crippen LogP contribution in [-0.2, 0) is 16.4 Å². The third-order valence-corrected chi connectivity index (χ3v) is 6.68. The van der Waals surface area contributed by atoms with Crippen molar-refractivity contribution < 1.29 is 27.1 Å². The van der Waals surface area contributed by atoms with E-state index in [4.69, 9.17) is 13.9 Å². The molecule has 1 aliphatic rings. The molecule has 0 saturated heterocycles. The zero-order valence-corrected chi connectivity index (χ0v) is 16.9. The average molecular weight is 436 g/mol. The fourth-order valence-corrected chi connectivity index (χ4v) is 4.70. The van der Waals surface area contributed by atoms with Crippen LogP contribution in [0.1, 0.15) is 16.1 Å². The number of aromatic nitrogens is 1. The largest absolute Gasteiger partial charge is 0.454 e. The maximum absolute atomic E-state index is 13.0. The second-order valence-electron chi connectivity index (χ2n) is 6.84. The van der Waals surface area contributed by atoms with Crippen molar-refractivity contribution in [3.8, 4) is 11.5 Å². The molecule has 0 unspecified atom stereocenters. The van der Waals surface area contributed by atoms with Crippen LogP contribution < -0.4 is 14.8 Å². The van der Waals surface area contributed by atoms with Gasteiger partial charge in [0.25, 0.3) is 5.91 Å². The molecule has 3 heterocycles. The van der Waals surface area contributed by atoms with Gasteiger partial charge in [-0.25, -0.2) is 8.42 Å². The summed E-state index contributed by atoms with van der Waals surface area (Å²) in [4.78, 5) is 16.5. The number of carbonyl (C=O) groups excluding carboxylic acids is 1. The molecule has 0 radical (unpaired) electrons. The number of hydrogen-bond acceptors (Lipinski definition) is 7. The van der Waals surface area contributed by atoms with Crippen molar-refractivity contribution in [1.29, 1.82) is 0 Å². The second kappa shape index (κ2) is 7.44. The van der Waals surface area contributed by atoms with Gasteiger partial charge < -0.3 is 19.2 Å². The van der Waals surface area contributed by atoms with E-state index in [-0.39, 0.29) is 40.5 Å². The minimum atomic E-state index is -3.78. The number of furan rings is 1. The van der Waals surface area contributed by atoms with Crippen molar-refractivity contribution in [3.63, 3.8) is 0 Å². The van der Waals surface area contributed by atoms with Gasteiger partial charge in [0.15, 0.2) is 22.8 Å². The Labute approximate surface area is 177 Å². The Bertz CT molecular complexity index is 1360. The third kappa shape index (κ3) is 3.49. The van der Waals surface area contributed by atoms with Crippen LogP contribution in [0.2, 0.25) is 0 Å². The van der Waals surface area contributed by atoms with E-state index in [1.165, 1.54) is 18.2 Å². The number of pyridine rings is 1. The molecule has 0 fully saturated rings. The van der Waals surface area contributed by atoms with Gasteiger partial charge in [-0.2, -0.15) is 0 Å². The Morgan fingerprint density at radius 2 is 1.90 bits per heavy atom. The van der Waals surface area contributed by atoms with Crippen molar-refractivity contribution >= 4 is 26.7 Å². The highest BCUT2D eigenvalue weighted by Gasteiger charge is 2.27. The number of hydrogen-bond donors (Lipinski definition) is 1. The van der Waals surface area contributed by atoms with E-state index in [0.717, 1.165) is 10.9 Å². The maximum Gasteiger partial charge on any atom is 0.287 e. The Morgan fingerprint density at radius 3 is 2.71 bits per heavy atom. The van der Waals surface area contributed by atoms with E-state index in [0.29, 0.717) is 11.3 Å². The number of amides is 1. The van der Waals surface area contributed by atoms with Crippen LogP contribution >= 0.6 is 0 Å². The highest BCUT2D eigenvalue weighted by molar-refractivity contribution is 7.91. The van der Waals surface area contributed by atoms with Crippen LogP contribution in [0, 0.1) is 0 Å². The van der Waals surface area contributed by atoms with E-state index in [9.17, 15) is 13.2 Å². The van der Waals surface area contributed by atoms with Gasteiger partial charge in [-0.3, -0.25) is 9.78 Å². The lowest BCUT2D eigenvalue weighted by atomic mass is 10.2. The van der Waals surface area contributed by atoms with Gasteiger partial charge in [-0.15, -0.1) is 0 Å². The Hall–Kier alpha value is -3.85. The van der Waals surface area contributed by atoms with Crippen molar-refractivity contribution in [2.24, 2.45) is 0 Å². The minimum Gasteiger partial charge on any atom is -0.454 e. The molecule has 2 aromatic heterocycles. The summed E-state index contributed by atoms with van der Waals surface area (Å²) in [5.74, 6) is 0.439. The van der Waals surface area contributed by atoms with Crippen molar-refractivity contribution in [2.75, 3.05) is 6.79 Å². The van der Waals surface area contributed by atoms with Gasteiger partial charge in [0.2, 0.25) is 16.6 Å². The molecule has 156 valence electrons. The normalized spacial score (nSPS) is 12.8. The summed E-state index contributed by atoms with van der Waals surface area (Å²) in [6.07, 6.45) is 3.17. The molecule has 5 rings (SSSR count). The first kappa shape index (κ1) is 19.1. The summed E-state index contributed by atoms with van der Waals surface area (Å²) in [6, 6.07) is 14.5. The Balaban J connectivity index is 1.31. The number of sulfone groups is 1. The maximum atomic E-state index is 13.0. The molecule has 0 atom stereocenters. The molecule has 9 heteroatoms. The highest BCUT2D eigenvalue weighted by atomic mass is 32.2. The number of benzene rings is 2. The smallest absolute Gasteiger partial charge is 0.287 e. The number of nitrogens with zero attached hydrogens (tertiary/aromatic N) is 1. The topological polar surface area (TPSA) is 108 Å². The van der Waals surface area contributed by atoms with E-state index >= 15 is 0 Å². The number of nitrogens with one attached hydrogen (secondary N) is 1. The molecule has 1 aliphatic heterocycles. The lowest BCUT2D eigenvalue weighted by Gasteiger charge is -2.09. The van der Waals surface area contributed by atoms with Gasteiger partial charge in [-0.1, -0.05) is 18.2 Å². The summed E-state index contributed by atoms with van der Waals surface area (Å²) in [7, 11) is -3.78. The lowest BCUT2D eigenvalue weighted by Crippen LogP contribution is -2.22. The van der Waals surface area contributed by atoms with Crippen LogP contribution in [0.5, 0.6) is 11.5 Å². The van der Waals surface area contributed by atoms with Crippen molar-refractivity contribution in [1.82, 2.24) is 10.3 Å². The first-order valence-electron chi connectivity index (χ1n) is 9.37. The predicted molar refractivity (Wildman–Crippen MR) is 110 cm³/mol. The molecule has 0 bridgehead atoms. The minimum absolute atomic E-state index is 0.0117. The molecular weight excluding hydrogens is 420 g/mol. The number of carbonyl (C=O) groups is 1. The van der Waals surface area contributed by atoms with Crippen LogP contribution in [0.25, 0.3) is 11.0 Å². The first-order valence-corrected chi connectivity index (χ1v) is 10.8. The summed E-state index contributed by atoms with van der Waals surface area (Å²) < 4.78 is 42.1. The van der Waals surface area contributed by atoms with Gasteiger partial charge >= 0.3 is 0 Å². The third-order valence-electron chi connectivity index (χ3n) is 4.88. The predicted octanol–water partition coefficient (Wildman–Crippen LogP) is 3.32. The van der Waals surface area contributed by atoms with Crippen molar-refractivity contribution in [3.05, 3.63) is 78.3 Å². The van der Waals surface area contributed by atoms with Crippen LogP contribution in [0.4, 0.5) is 0 Å². The number of para-hydroxylation sites is 1. The Morgan fingerprint density at radius 1 is 1.06 bits per heavy atom. The van der Waals surface area contributed by atoms with Gasteiger partial charge in [-0.05, 0) is 42.0 Å². The van der Waals surface area contributed by atoms with E-state index in [2.05, 4.69) is 10.3 Å².